The van der Waals surface area contributed by atoms with Crippen LogP contribution in [0.3, 0.4) is 0 Å². The van der Waals surface area contributed by atoms with Crippen LogP contribution in [0.2, 0.25) is 0 Å². The second kappa shape index (κ2) is 5.23. The highest BCUT2D eigenvalue weighted by atomic mass is 32.2. The molecule has 0 radical (unpaired) electrons. The normalized spacial score (nSPS) is 10.1. The Morgan fingerprint density at radius 2 is 1.81 bits per heavy atom. The highest BCUT2D eigenvalue weighted by molar-refractivity contribution is 7.99. The number of hydrogen-bond donors (Lipinski definition) is 1. The predicted octanol–water partition coefficient (Wildman–Crippen LogP) is 3.94. The number of hydrogen-bond acceptors (Lipinski definition) is 3. The van der Waals surface area contributed by atoms with E-state index in [2.05, 4.69) is 12.6 Å². The van der Waals surface area contributed by atoms with E-state index in [0.717, 1.165) is 21.0 Å². The van der Waals surface area contributed by atoms with E-state index >= 15 is 0 Å². The number of thiol groups is 1. The van der Waals surface area contributed by atoms with Crippen LogP contribution >= 0.6 is 24.4 Å². The molecule has 0 aromatic heterocycles. The van der Waals surface area contributed by atoms with Crippen molar-refractivity contribution >= 4 is 30.7 Å². The molecule has 0 saturated heterocycles. The van der Waals surface area contributed by atoms with E-state index < -0.39 is 0 Å². The van der Waals surface area contributed by atoms with Gasteiger partial charge in [-0.25, -0.2) is 0 Å². The van der Waals surface area contributed by atoms with Gasteiger partial charge in [-0.05, 0) is 24.3 Å². The number of aldehydes is 1. The molecule has 0 saturated carbocycles. The van der Waals surface area contributed by atoms with E-state index in [4.69, 9.17) is 0 Å². The molecule has 0 fully saturated rings. The van der Waals surface area contributed by atoms with Gasteiger partial charge in [0.15, 0.2) is 0 Å². The van der Waals surface area contributed by atoms with Crippen molar-refractivity contribution in [2.24, 2.45) is 0 Å². The van der Waals surface area contributed by atoms with Crippen LogP contribution < -0.4 is 0 Å². The van der Waals surface area contributed by atoms with Crippen LogP contribution in [0.4, 0.5) is 0 Å². The summed E-state index contributed by atoms with van der Waals surface area (Å²) in [7, 11) is 0. The molecule has 0 heterocycles. The molecule has 0 spiro atoms. The molecule has 0 aliphatic heterocycles. The largest absolute Gasteiger partial charge is 0.298 e. The molecule has 80 valence electrons. The third kappa shape index (κ3) is 2.68. The van der Waals surface area contributed by atoms with E-state index in [1.807, 2.05) is 42.5 Å². The summed E-state index contributed by atoms with van der Waals surface area (Å²) in [5, 5.41) is 0. The first-order chi connectivity index (χ1) is 7.79. The Kier molecular flexibility index (Phi) is 3.70. The van der Waals surface area contributed by atoms with Crippen LogP contribution in [0.1, 0.15) is 10.4 Å². The lowest BCUT2D eigenvalue weighted by molar-refractivity contribution is 0.112. The number of rotatable bonds is 3. The molecule has 16 heavy (non-hydrogen) atoms. The molecule has 0 aliphatic rings. The van der Waals surface area contributed by atoms with Gasteiger partial charge < -0.3 is 0 Å². The zero-order valence-corrected chi connectivity index (χ0v) is 10.2. The Bertz CT molecular complexity index is 495. The van der Waals surface area contributed by atoms with Crippen molar-refractivity contribution < 1.29 is 4.79 Å². The summed E-state index contributed by atoms with van der Waals surface area (Å²) in [5.41, 5.74) is 0.677. The van der Waals surface area contributed by atoms with Crippen molar-refractivity contribution in [2.75, 3.05) is 0 Å². The number of carbonyl (C=O) groups excluding carboxylic acids is 1. The van der Waals surface area contributed by atoms with Crippen LogP contribution in [-0.2, 0) is 0 Å². The van der Waals surface area contributed by atoms with E-state index in [9.17, 15) is 4.79 Å². The average molecular weight is 246 g/mol. The summed E-state index contributed by atoms with van der Waals surface area (Å²) in [6.45, 7) is 0. The molecule has 0 unspecified atom stereocenters. The lowest BCUT2D eigenvalue weighted by Crippen LogP contribution is -1.82. The summed E-state index contributed by atoms with van der Waals surface area (Å²) in [5.74, 6) is 0. The maximum atomic E-state index is 10.7. The second-order valence-corrected chi connectivity index (χ2v) is 4.86. The van der Waals surface area contributed by atoms with Crippen molar-refractivity contribution in [3.05, 3.63) is 54.1 Å². The second-order valence-electron chi connectivity index (χ2n) is 3.26. The van der Waals surface area contributed by atoms with Gasteiger partial charge in [-0.3, -0.25) is 4.79 Å². The minimum Gasteiger partial charge on any atom is -0.298 e. The standard InChI is InChI=1S/C13H10OS2/c14-9-10-6-7-12(15)13(8-10)16-11-4-2-1-3-5-11/h1-9,15H. The predicted molar refractivity (Wildman–Crippen MR) is 69.6 cm³/mol. The van der Waals surface area contributed by atoms with Crippen LogP contribution in [0.25, 0.3) is 0 Å². The topological polar surface area (TPSA) is 17.1 Å². The van der Waals surface area contributed by atoms with Crippen molar-refractivity contribution in [1.29, 1.82) is 0 Å². The summed E-state index contributed by atoms with van der Waals surface area (Å²) < 4.78 is 0. The Balaban J connectivity index is 2.30. The monoisotopic (exact) mass is 246 g/mol. The van der Waals surface area contributed by atoms with Crippen LogP contribution in [0.5, 0.6) is 0 Å². The van der Waals surface area contributed by atoms with Gasteiger partial charge in [-0.2, -0.15) is 0 Å². The third-order valence-corrected chi connectivity index (χ3v) is 3.70. The Morgan fingerprint density at radius 1 is 1.06 bits per heavy atom. The molecule has 1 nitrogen and oxygen atoms in total. The fraction of sp³-hybridized carbons (Fsp3) is 0. The molecule has 2 rings (SSSR count). The number of benzene rings is 2. The quantitative estimate of drug-likeness (QED) is 0.652. The molecule has 0 bridgehead atoms. The Morgan fingerprint density at radius 3 is 2.50 bits per heavy atom. The van der Waals surface area contributed by atoms with Crippen LogP contribution in [0.15, 0.2) is 63.2 Å². The van der Waals surface area contributed by atoms with E-state index in [1.165, 1.54) is 0 Å². The molecule has 0 N–H and O–H groups in total. The summed E-state index contributed by atoms with van der Waals surface area (Å²) in [6.07, 6.45) is 0.849. The molecule has 2 aromatic carbocycles. The van der Waals surface area contributed by atoms with Gasteiger partial charge >= 0.3 is 0 Å². The van der Waals surface area contributed by atoms with Crippen molar-refractivity contribution in [2.45, 2.75) is 14.7 Å². The fourth-order valence-electron chi connectivity index (χ4n) is 1.30. The molecule has 0 aliphatic carbocycles. The SMILES string of the molecule is O=Cc1ccc(S)c(Sc2ccccc2)c1. The zero-order chi connectivity index (χ0) is 11.4. The van der Waals surface area contributed by atoms with E-state index in [0.29, 0.717) is 5.56 Å². The minimum atomic E-state index is 0.677. The van der Waals surface area contributed by atoms with Gasteiger partial charge in [-0.15, -0.1) is 12.6 Å². The summed E-state index contributed by atoms with van der Waals surface area (Å²) >= 11 is 5.99. The molecular weight excluding hydrogens is 236 g/mol. The molecule has 3 heteroatoms. The molecule has 0 atom stereocenters. The lowest BCUT2D eigenvalue weighted by atomic mass is 10.2. The first-order valence-corrected chi connectivity index (χ1v) is 6.07. The smallest absolute Gasteiger partial charge is 0.150 e. The lowest BCUT2D eigenvalue weighted by Gasteiger charge is -2.05. The van der Waals surface area contributed by atoms with Gasteiger partial charge in [0.05, 0.1) is 0 Å². The maximum absolute atomic E-state index is 10.7. The van der Waals surface area contributed by atoms with Crippen molar-refractivity contribution in [1.82, 2.24) is 0 Å². The van der Waals surface area contributed by atoms with Gasteiger partial charge in [-0.1, -0.05) is 36.0 Å². The van der Waals surface area contributed by atoms with Gasteiger partial charge in [0.1, 0.15) is 6.29 Å². The third-order valence-electron chi connectivity index (χ3n) is 2.09. The highest BCUT2D eigenvalue weighted by Crippen LogP contribution is 2.32. The molecule has 2 aromatic rings. The van der Waals surface area contributed by atoms with E-state index in [1.54, 1.807) is 17.8 Å². The Hall–Kier alpha value is -1.19. The maximum Gasteiger partial charge on any atom is 0.150 e. The summed E-state index contributed by atoms with van der Waals surface area (Å²) in [6, 6.07) is 15.5. The van der Waals surface area contributed by atoms with Gasteiger partial charge in [0, 0.05) is 20.2 Å². The van der Waals surface area contributed by atoms with Gasteiger partial charge in [0.25, 0.3) is 0 Å². The first kappa shape index (κ1) is 11.3. The Labute approximate surface area is 104 Å². The zero-order valence-electron chi connectivity index (χ0n) is 8.46. The van der Waals surface area contributed by atoms with Crippen LogP contribution in [0, 0.1) is 0 Å². The minimum absolute atomic E-state index is 0.677. The first-order valence-electron chi connectivity index (χ1n) is 4.80. The van der Waals surface area contributed by atoms with Crippen molar-refractivity contribution in [3.63, 3.8) is 0 Å². The van der Waals surface area contributed by atoms with Crippen LogP contribution in [-0.4, -0.2) is 6.29 Å². The van der Waals surface area contributed by atoms with Gasteiger partial charge in [0.2, 0.25) is 0 Å². The molecule has 0 amide bonds. The average Bonchev–Trinajstić information content (AvgIpc) is 2.33. The molecular formula is C13H10OS2. The number of carbonyl (C=O) groups is 1. The fourth-order valence-corrected chi connectivity index (χ4v) is 2.49. The summed E-state index contributed by atoms with van der Waals surface area (Å²) in [4.78, 5) is 13.7. The van der Waals surface area contributed by atoms with Crippen molar-refractivity contribution in [3.8, 4) is 0 Å². The highest BCUT2D eigenvalue weighted by Gasteiger charge is 2.02. The van der Waals surface area contributed by atoms with E-state index in [-0.39, 0.29) is 0 Å².